The normalized spacial score (nSPS) is 16.9. The van der Waals surface area contributed by atoms with E-state index >= 15 is 0 Å². The quantitative estimate of drug-likeness (QED) is 0.213. The third-order valence-electron chi connectivity index (χ3n) is 6.25. The summed E-state index contributed by atoms with van der Waals surface area (Å²) in [6, 6.07) is 5.72. The average molecular weight is 559 g/mol. The van der Waals surface area contributed by atoms with Crippen molar-refractivity contribution in [2.24, 2.45) is 5.92 Å². The zero-order chi connectivity index (χ0) is 26.5. The van der Waals surface area contributed by atoms with Crippen LogP contribution < -0.4 is 0 Å². The Morgan fingerprint density at radius 3 is 2.53 bits per heavy atom. The first-order chi connectivity index (χ1) is 17.0. The van der Waals surface area contributed by atoms with Crippen LogP contribution in [0.5, 0.6) is 0 Å². The number of rotatable bonds is 7. The molecule has 2 aliphatic rings. The van der Waals surface area contributed by atoms with Crippen molar-refractivity contribution < 1.29 is 23.9 Å². The summed E-state index contributed by atoms with van der Waals surface area (Å²) in [6.07, 6.45) is 9.72. The first-order valence-electron chi connectivity index (χ1n) is 12.5. The van der Waals surface area contributed by atoms with Crippen LogP contribution in [0.15, 0.2) is 46.5 Å². The Morgan fingerprint density at radius 2 is 1.89 bits per heavy atom. The summed E-state index contributed by atoms with van der Waals surface area (Å²) in [6.45, 7) is 8.27. The number of halogens is 1. The maximum Gasteiger partial charge on any atom is 0.410 e. The first kappa shape index (κ1) is 27.9. The number of esters is 1. The standard InChI is InChI=1S/C29H36BrNO5/c1-6-9-19(26(32)22-17-31(18-22)28(34)36-29(2,3)4)10-7-12-24-23-15-14-21(27(33)35-5)16-20(23)11-8-13-25(24)30/h7,9-10,14-16,22H,6,8,11-13,17-18H2,1-5H3/b10-7-,19-9+. The molecule has 3 rings (SSSR count). The molecule has 0 atom stereocenters. The van der Waals surface area contributed by atoms with Gasteiger partial charge in [0.1, 0.15) is 5.60 Å². The summed E-state index contributed by atoms with van der Waals surface area (Å²) >= 11 is 3.77. The number of carbonyl (C=O) groups excluding carboxylic acids is 3. The molecule has 0 N–H and O–H groups in total. The minimum absolute atomic E-state index is 0.0601. The van der Waals surface area contributed by atoms with Crippen molar-refractivity contribution in [3.05, 3.63) is 63.2 Å². The van der Waals surface area contributed by atoms with Gasteiger partial charge in [-0.25, -0.2) is 9.59 Å². The lowest BCUT2D eigenvalue weighted by atomic mass is 9.89. The number of likely N-dealkylation sites (tertiary alicyclic amines) is 1. The number of hydrogen-bond acceptors (Lipinski definition) is 5. The molecule has 1 aromatic rings. The average Bonchev–Trinajstić information content (AvgIpc) is 2.93. The predicted octanol–water partition coefficient (Wildman–Crippen LogP) is 6.63. The van der Waals surface area contributed by atoms with Crippen LogP contribution in [-0.2, 0) is 20.7 Å². The fourth-order valence-electron chi connectivity index (χ4n) is 4.42. The number of aryl methyl sites for hydroxylation is 1. The Bertz CT molecular complexity index is 1100. The Hall–Kier alpha value is -2.67. The fraction of sp³-hybridized carbons (Fsp3) is 0.483. The predicted molar refractivity (Wildman–Crippen MR) is 145 cm³/mol. The van der Waals surface area contributed by atoms with Crippen molar-refractivity contribution in [2.75, 3.05) is 20.2 Å². The third kappa shape index (κ3) is 6.96. The topological polar surface area (TPSA) is 72.9 Å². The summed E-state index contributed by atoms with van der Waals surface area (Å²) in [5.41, 5.74) is 4.10. The molecule has 0 unspecified atom stereocenters. The maximum absolute atomic E-state index is 13.1. The van der Waals surface area contributed by atoms with Gasteiger partial charge in [-0.2, -0.15) is 0 Å². The van der Waals surface area contributed by atoms with Gasteiger partial charge in [-0.05, 0) is 86.2 Å². The summed E-state index contributed by atoms with van der Waals surface area (Å²) < 4.78 is 11.4. The molecule has 1 aliphatic heterocycles. The van der Waals surface area contributed by atoms with Gasteiger partial charge in [0, 0.05) is 18.7 Å². The number of allylic oxidation sites excluding steroid dienone is 6. The smallest absolute Gasteiger partial charge is 0.410 e. The van der Waals surface area contributed by atoms with E-state index in [1.165, 1.54) is 12.7 Å². The number of ether oxygens (including phenoxy) is 2. The van der Waals surface area contributed by atoms with Gasteiger partial charge in [-0.1, -0.05) is 47.1 Å². The highest BCUT2D eigenvalue weighted by Crippen LogP contribution is 2.36. The molecule has 1 aliphatic carbocycles. The monoisotopic (exact) mass is 557 g/mol. The molecule has 1 amide bonds. The van der Waals surface area contributed by atoms with Gasteiger partial charge >= 0.3 is 12.1 Å². The van der Waals surface area contributed by atoms with Crippen LogP contribution in [0.2, 0.25) is 0 Å². The Balaban J connectivity index is 1.70. The second-order valence-corrected chi connectivity index (χ2v) is 11.2. The van der Waals surface area contributed by atoms with Crippen molar-refractivity contribution in [3.63, 3.8) is 0 Å². The highest BCUT2D eigenvalue weighted by molar-refractivity contribution is 9.11. The van der Waals surface area contributed by atoms with E-state index in [-0.39, 0.29) is 23.8 Å². The summed E-state index contributed by atoms with van der Waals surface area (Å²) in [4.78, 5) is 38.9. The van der Waals surface area contributed by atoms with E-state index in [9.17, 15) is 14.4 Å². The highest BCUT2D eigenvalue weighted by atomic mass is 79.9. The van der Waals surface area contributed by atoms with Crippen LogP contribution in [0.4, 0.5) is 4.79 Å². The van der Waals surface area contributed by atoms with Crippen molar-refractivity contribution in [1.29, 1.82) is 0 Å². The molecule has 36 heavy (non-hydrogen) atoms. The number of methoxy groups -OCH3 is 1. The molecule has 1 aromatic carbocycles. The Kier molecular flexibility index (Phi) is 9.34. The zero-order valence-electron chi connectivity index (χ0n) is 21.9. The number of nitrogens with zero attached hydrogens (tertiary/aromatic N) is 1. The molecular weight excluding hydrogens is 522 g/mol. The third-order valence-corrected chi connectivity index (χ3v) is 7.13. The van der Waals surface area contributed by atoms with Crippen LogP contribution in [0, 0.1) is 5.92 Å². The zero-order valence-corrected chi connectivity index (χ0v) is 23.4. The van der Waals surface area contributed by atoms with Crippen molar-refractivity contribution in [2.45, 2.75) is 65.4 Å². The summed E-state index contributed by atoms with van der Waals surface area (Å²) in [5.74, 6) is -0.480. The van der Waals surface area contributed by atoms with E-state index in [2.05, 4.69) is 15.9 Å². The lowest BCUT2D eigenvalue weighted by Crippen LogP contribution is -2.54. The fourth-order valence-corrected chi connectivity index (χ4v) is 5.08. The Morgan fingerprint density at radius 1 is 1.17 bits per heavy atom. The molecule has 194 valence electrons. The van der Waals surface area contributed by atoms with Crippen molar-refractivity contribution in [1.82, 2.24) is 4.90 Å². The van der Waals surface area contributed by atoms with E-state index in [4.69, 9.17) is 9.47 Å². The molecule has 0 aromatic heterocycles. The molecule has 1 heterocycles. The lowest BCUT2D eigenvalue weighted by molar-refractivity contribution is -0.123. The van der Waals surface area contributed by atoms with E-state index in [1.807, 2.05) is 58.1 Å². The molecule has 0 bridgehead atoms. The van der Waals surface area contributed by atoms with Gasteiger partial charge in [-0.3, -0.25) is 4.79 Å². The van der Waals surface area contributed by atoms with Crippen LogP contribution in [-0.4, -0.2) is 48.5 Å². The van der Waals surface area contributed by atoms with Crippen LogP contribution in [0.3, 0.4) is 0 Å². The summed E-state index contributed by atoms with van der Waals surface area (Å²) in [5, 5.41) is 0. The number of benzene rings is 1. The molecule has 1 saturated heterocycles. The minimum atomic E-state index is -0.553. The largest absolute Gasteiger partial charge is 0.465 e. The molecular formula is C29H36BrNO5. The molecule has 0 saturated carbocycles. The Labute approximate surface area is 222 Å². The SMILES string of the molecule is CC/C=C(\C=C/CC1=C(Br)CCCc2cc(C(=O)OC)ccc21)C(=O)C1CN(C(=O)OC(C)(C)C)C1. The number of amides is 1. The van der Waals surface area contributed by atoms with Crippen LogP contribution in [0.1, 0.15) is 74.9 Å². The highest BCUT2D eigenvalue weighted by Gasteiger charge is 2.38. The van der Waals surface area contributed by atoms with Gasteiger partial charge in [-0.15, -0.1) is 0 Å². The second kappa shape index (κ2) is 12.0. The second-order valence-electron chi connectivity index (χ2n) is 10.2. The van der Waals surface area contributed by atoms with E-state index in [1.54, 1.807) is 11.0 Å². The minimum Gasteiger partial charge on any atom is -0.465 e. The molecule has 1 fully saturated rings. The van der Waals surface area contributed by atoms with Gasteiger partial charge in [0.05, 0.1) is 18.6 Å². The maximum atomic E-state index is 13.1. The van der Waals surface area contributed by atoms with E-state index in [0.29, 0.717) is 30.6 Å². The number of ketones is 1. The van der Waals surface area contributed by atoms with Crippen LogP contribution in [0.25, 0.3) is 5.57 Å². The van der Waals surface area contributed by atoms with Gasteiger partial charge in [0.2, 0.25) is 0 Å². The number of fused-ring (bicyclic) bond motifs is 1. The molecule has 0 radical (unpaired) electrons. The van der Waals surface area contributed by atoms with Gasteiger partial charge in [0.25, 0.3) is 0 Å². The van der Waals surface area contributed by atoms with Crippen molar-refractivity contribution >= 4 is 39.3 Å². The van der Waals surface area contributed by atoms with Gasteiger partial charge in [0.15, 0.2) is 5.78 Å². The molecule has 6 nitrogen and oxygen atoms in total. The summed E-state index contributed by atoms with van der Waals surface area (Å²) in [7, 11) is 1.39. The molecule has 0 spiro atoms. The van der Waals surface area contributed by atoms with Crippen LogP contribution >= 0.6 is 15.9 Å². The van der Waals surface area contributed by atoms with Crippen molar-refractivity contribution in [3.8, 4) is 0 Å². The van der Waals surface area contributed by atoms with E-state index in [0.717, 1.165) is 41.3 Å². The number of hydrogen-bond donors (Lipinski definition) is 0. The number of carbonyl (C=O) groups is 3. The lowest BCUT2D eigenvalue weighted by Gasteiger charge is -2.39. The van der Waals surface area contributed by atoms with E-state index < -0.39 is 5.60 Å². The molecule has 7 heteroatoms. The first-order valence-corrected chi connectivity index (χ1v) is 13.3. The number of Topliss-reactive ketones (excluding diaryl/α,β-unsaturated/α-hetero) is 1. The van der Waals surface area contributed by atoms with Gasteiger partial charge < -0.3 is 14.4 Å².